The van der Waals surface area contributed by atoms with Gasteiger partial charge in [-0.05, 0) is 6.42 Å². The number of unbranched alkanes of at least 4 members (excludes halogenated alkanes) is 5. The van der Waals surface area contributed by atoms with Gasteiger partial charge in [-0.1, -0.05) is 39.0 Å². The highest BCUT2D eigenvalue weighted by Crippen LogP contribution is 2.06. The summed E-state index contributed by atoms with van der Waals surface area (Å²) in [4.78, 5) is 10.3. The lowest BCUT2D eigenvalue weighted by molar-refractivity contribution is 0.200. The third-order valence-corrected chi connectivity index (χ3v) is 3.89. The van der Waals surface area contributed by atoms with Gasteiger partial charge in [-0.15, -0.1) is 0 Å². The molecule has 1 amide bonds. The van der Waals surface area contributed by atoms with E-state index < -0.39 is 16.3 Å². The minimum absolute atomic E-state index is 0.342. The van der Waals surface area contributed by atoms with Gasteiger partial charge in [-0.25, -0.2) is 9.52 Å². The molecule has 0 unspecified atom stereocenters. The molecule has 0 rings (SSSR count). The van der Waals surface area contributed by atoms with E-state index in [1.54, 1.807) is 0 Å². The summed E-state index contributed by atoms with van der Waals surface area (Å²) in [5.74, 6) is 0. The summed E-state index contributed by atoms with van der Waals surface area (Å²) < 4.78 is 25.2. The topological polar surface area (TPSA) is 86.7 Å². The first-order chi connectivity index (χ1) is 7.90. The number of nitrogens with one attached hydrogen (secondary N) is 1. The molecule has 0 aliphatic carbocycles. The van der Waals surface area contributed by atoms with Gasteiger partial charge in [0, 0.05) is 13.6 Å². The molecule has 0 radical (unpaired) electrons. The van der Waals surface area contributed by atoms with Gasteiger partial charge < -0.3 is 5.11 Å². The Kier molecular flexibility index (Phi) is 7.90. The Morgan fingerprint density at radius 1 is 1.18 bits per heavy atom. The highest BCUT2D eigenvalue weighted by molar-refractivity contribution is 7.87. The van der Waals surface area contributed by atoms with E-state index in [1.165, 1.54) is 31.0 Å². The minimum atomic E-state index is -3.87. The second-order valence-corrected chi connectivity index (χ2v) is 5.78. The van der Waals surface area contributed by atoms with Gasteiger partial charge >= 0.3 is 16.3 Å². The van der Waals surface area contributed by atoms with Crippen LogP contribution in [-0.4, -0.2) is 37.5 Å². The molecule has 0 heterocycles. The van der Waals surface area contributed by atoms with E-state index >= 15 is 0 Å². The standard InChI is InChI=1S/C10H22N2O4S/c1-3-4-5-6-7-8-9-12(2)17(15,16)11-10(13)14/h11H,3-9H2,1-2H3,(H,13,14). The van der Waals surface area contributed by atoms with Crippen LogP contribution in [0.15, 0.2) is 0 Å². The molecule has 2 N–H and O–H groups in total. The van der Waals surface area contributed by atoms with Crippen LogP contribution in [0.3, 0.4) is 0 Å². The molecular formula is C10H22N2O4S. The number of hydrogen-bond donors (Lipinski definition) is 2. The molecule has 0 aromatic carbocycles. The number of hydrogen-bond acceptors (Lipinski definition) is 3. The van der Waals surface area contributed by atoms with E-state index in [1.807, 2.05) is 0 Å². The molecule has 0 spiro atoms. The Morgan fingerprint density at radius 2 is 1.71 bits per heavy atom. The first kappa shape index (κ1) is 16.2. The molecular weight excluding hydrogens is 244 g/mol. The smallest absolute Gasteiger partial charge is 0.419 e. The average Bonchev–Trinajstić information content (AvgIpc) is 2.21. The Labute approximate surface area is 103 Å². The van der Waals surface area contributed by atoms with Crippen LogP contribution in [0.4, 0.5) is 4.79 Å². The molecule has 102 valence electrons. The molecule has 0 aliphatic heterocycles. The number of nitrogens with zero attached hydrogens (tertiary/aromatic N) is 1. The highest BCUT2D eigenvalue weighted by atomic mass is 32.2. The summed E-state index contributed by atoms with van der Waals surface area (Å²) in [6.45, 7) is 2.48. The van der Waals surface area contributed by atoms with Gasteiger partial charge in [0.25, 0.3) is 0 Å². The molecule has 6 nitrogen and oxygen atoms in total. The van der Waals surface area contributed by atoms with E-state index in [0.29, 0.717) is 6.54 Å². The van der Waals surface area contributed by atoms with Gasteiger partial charge in [0.2, 0.25) is 0 Å². The van der Waals surface area contributed by atoms with E-state index in [-0.39, 0.29) is 0 Å². The molecule has 0 aromatic rings. The summed E-state index contributed by atoms with van der Waals surface area (Å²) in [6, 6.07) is 0. The highest BCUT2D eigenvalue weighted by Gasteiger charge is 2.19. The van der Waals surface area contributed by atoms with Gasteiger partial charge in [-0.3, -0.25) is 0 Å². The maximum atomic E-state index is 11.3. The van der Waals surface area contributed by atoms with Crippen molar-refractivity contribution in [2.24, 2.45) is 0 Å². The Hall–Kier alpha value is -0.820. The molecule has 0 aromatic heterocycles. The van der Waals surface area contributed by atoms with E-state index in [4.69, 9.17) is 5.11 Å². The van der Waals surface area contributed by atoms with Crippen LogP contribution >= 0.6 is 0 Å². The van der Waals surface area contributed by atoms with Crippen molar-refractivity contribution in [3.8, 4) is 0 Å². The third kappa shape index (κ3) is 7.98. The molecule has 0 aliphatic rings. The van der Waals surface area contributed by atoms with Gasteiger partial charge in [-0.2, -0.15) is 12.7 Å². The third-order valence-electron chi connectivity index (χ3n) is 2.45. The van der Waals surface area contributed by atoms with Gasteiger partial charge in [0.05, 0.1) is 0 Å². The molecule has 7 heteroatoms. The largest absolute Gasteiger partial charge is 0.464 e. The van der Waals surface area contributed by atoms with Crippen LogP contribution in [0.5, 0.6) is 0 Å². The predicted molar refractivity (Wildman–Crippen MR) is 66.1 cm³/mol. The molecule has 0 atom stereocenters. The maximum Gasteiger partial charge on any atom is 0.419 e. The van der Waals surface area contributed by atoms with E-state index in [9.17, 15) is 13.2 Å². The summed E-state index contributed by atoms with van der Waals surface area (Å²) in [5.41, 5.74) is 0. The zero-order chi connectivity index (χ0) is 13.3. The number of carbonyl (C=O) groups is 1. The SMILES string of the molecule is CCCCCCCCN(C)S(=O)(=O)NC(=O)O. The Bertz CT molecular complexity index is 316. The second-order valence-electron chi connectivity index (χ2n) is 4.00. The van der Waals surface area contributed by atoms with Gasteiger partial charge in [0.15, 0.2) is 0 Å². The lowest BCUT2D eigenvalue weighted by Gasteiger charge is -2.15. The van der Waals surface area contributed by atoms with Crippen molar-refractivity contribution in [2.75, 3.05) is 13.6 Å². The number of carboxylic acid groups (broad SMARTS) is 1. The summed E-state index contributed by atoms with van der Waals surface area (Å²) in [7, 11) is -2.50. The van der Waals surface area contributed by atoms with Crippen molar-refractivity contribution in [3.05, 3.63) is 0 Å². The molecule has 0 fully saturated rings. The number of rotatable bonds is 9. The van der Waals surface area contributed by atoms with E-state index in [2.05, 4.69) is 6.92 Å². The zero-order valence-electron chi connectivity index (χ0n) is 10.5. The van der Waals surface area contributed by atoms with Gasteiger partial charge in [0.1, 0.15) is 0 Å². The molecule has 0 bridgehead atoms. The fraction of sp³-hybridized carbons (Fsp3) is 0.900. The first-order valence-corrected chi connectivity index (χ1v) is 7.31. The van der Waals surface area contributed by atoms with Crippen LogP contribution in [-0.2, 0) is 10.2 Å². The average molecular weight is 266 g/mol. The summed E-state index contributed by atoms with van der Waals surface area (Å²) in [6.07, 6.45) is 4.80. The normalized spacial score (nSPS) is 11.7. The molecule has 0 saturated heterocycles. The van der Waals surface area contributed by atoms with Crippen molar-refractivity contribution in [1.29, 1.82) is 0 Å². The van der Waals surface area contributed by atoms with Crippen molar-refractivity contribution in [1.82, 2.24) is 9.03 Å². The van der Waals surface area contributed by atoms with Crippen molar-refractivity contribution in [2.45, 2.75) is 45.4 Å². The van der Waals surface area contributed by atoms with Crippen LogP contribution < -0.4 is 4.72 Å². The Morgan fingerprint density at radius 3 is 2.24 bits per heavy atom. The predicted octanol–water partition coefficient (Wildman–Crippen LogP) is 1.79. The maximum absolute atomic E-state index is 11.3. The zero-order valence-corrected chi connectivity index (χ0v) is 11.3. The lowest BCUT2D eigenvalue weighted by Crippen LogP contribution is -2.41. The molecule has 0 saturated carbocycles. The van der Waals surface area contributed by atoms with Crippen LogP contribution in [0, 0.1) is 0 Å². The fourth-order valence-corrected chi connectivity index (χ4v) is 2.17. The van der Waals surface area contributed by atoms with E-state index in [0.717, 1.165) is 23.6 Å². The van der Waals surface area contributed by atoms with Crippen LogP contribution in [0.1, 0.15) is 45.4 Å². The van der Waals surface area contributed by atoms with Crippen molar-refractivity contribution in [3.63, 3.8) is 0 Å². The van der Waals surface area contributed by atoms with Crippen molar-refractivity contribution < 1.29 is 18.3 Å². The monoisotopic (exact) mass is 266 g/mol. The first-order valence-electron chi connectivity index (χ1n) is 5.87. The quantitative estimate of drug-likeness (QED) is 0.623. The Balaban J connectivity index is 3.78. The lowest BCUT2D eigenvalue weighted by atomic mass is 10.1. The fourth-order valence-electron chi connectivity index (χ4n) is 1.42. The minimum Gasteiger partial charge on any atom is -0.464 e. The molecule has 17 heavy (non-hydrogen) atoms. The van der Waals surface area contributed by atoms with Crippen LogP contribution in [0.25, 0.3) is 0 Å². The second kappa shape index (κ2) is 8.30. The summed E-state index contributed by atoms with van der Waals surface area (Å²) in [5, 5.41) is 8.35. The summed E-state index contributed by atoms with van der Waals surface area (Å²) >= 11 is 0. The van der Waals surface area contributed by atoms with Crippen molar-refractivity contribution >= 4 is 16.3 Å². The van der Waals surface area contributed by atoms with Crippen LogP contribution in [0.2, 0.25) is 0 Å². The number of amides is 1.